The number of nitrogens with zero attached hydrogens (tertiary/aromatic N) is 3. The van der Waals surface area contributed by atoms with Gasteiger partial charge in [-0.25, -0.2) is 4.98 Å². The van der Waals surface area contributed by atoms with Gasteiger partial charge in [-0.15, -0.1) is 0 Å². The fourth-order valence-corrected chi connectivity index (χ4v) is 2.92. The molecule has 0 saturated carbocycles. The van der Waals surface area contributed by atoms with E-state index in [1.165, 1.54) is 0 Å². The average Bonchev–Trinajstić information content (AvgIpc) is 3.20. The van der Waals surface area contributed by atoms with Gasteiger partial charge < -0.3 is 20.0 Å². The number of para-hydroxylation sites is 1. The van der Waals surface area contributed by atoms with Crippen molar-refractivity contribution in [2.45, 2.75) is 26.8 Å². The van der Waals surface area contributed by atoms with Crippen LogP contribution in [0.2, 0.25) is 0 Å². The minimum atomic E-state index is 0.593. The molecular weight excluding hydrogens is 326 g/mol. The topological polar surface area (TPSA) is 66.2 Å². The highest BCUT2D eigenvalue weighted by Crippen LogP contribution is 2.22. The number of fused-ring (bicyclic) bond motifs is 1. The lowest BCUT2D eigenvalue weighted by Crippen LogP contribution is -2.25. The Balaban J connectivity index is 1.68. The van der Waals surface area contributed by atoms with E-state index in [4.69, 9.17) is 4.42 Å². The number of hydrogen-bond acceptors (Lipinski definition) is 6. The molecule has 0 aliphatic carbocycles. The molecule has 0 saturated heterocycles. The van der Waals surface area contributed by atoms with Gasteiger partial charge in [0, 0.05) is 11.9 Å². The van der Waals surface area contributed by atoms with Crippen LogP contribution in [0.25, 0.3) is 10.9 Å². The molecule has 6 nitrogen and oxygen atoms in total. The van der Waals surface area contributed by atoms with Gasteiger partial charge in [0.15, 0.2) is 0 Å². The first-order valence-electron chi connectivity index (χ1n) is 9.29. The molecule has 0 spiro atoms. The van der Waals surface area contributed by atoms with E-state index in [-0.39, 0.29) is 0 Å². The van der Waals surface area contributed by atoms with Gasteiger partial charge in [0.25, 0.3) is 0 Å². The van der Waals surface area contributed by atoms with Gasteiger partial charge in [-0.2, -0.15) is 4.98 Å². The summed E-state index contributed by atoms with van der Waals surface area (Å²) < 4.78 is 5.39. The fraction of sp³-hybridized carbons (Fsp3) is 0.400. The van der Waals surface area contributed by atoms with Crippen molar-refractivity contribution in [2.24, 2.45) is 0 Å². The third-order valence-corrected chi connectivity index (χ3v) is 4.44. The van der Waals surface area contributed by atoms with Crippen molar-refractivity contribution in [1.82, 2.24) is 14.9 Å². The minimum absolute atomic E-state index is 0.593. The molecule has 2 heterocycles. The largest absolute Gasteiger partial charge is 0.467 e. The Morgan fingerprint density at radius 2 is 1.85 bits per heavy atom. The average molecular weight is 353 g/mol. The van der Waals surface area contributed by atoms with E-state index < -0.39 is 0 Å². The summed E-state index contributed by atoms with van der Waals surface area (Å²) in [4.78, 5) is 11.7. The molecule has 1 aromatic carbocycles. The quantitative estimate of drug-likeness (QED) is 0.538. The SMILES string of the molecule is CCN(CC)CCCNc1nc(NCc2ccco2)c2ccccc2n1. The van der Waals surface area contributed by atoms with Crippen molar-refractivity contribution < 1.29 is 4.42 Å². The molecule has 0 atom stereocenters. The van der Waals surface area contributed by atoms with Gasteiger partial charge in [-0.1, -0.05) is 26.0 Å². The number of benzene rings is 1. The van der Waals surface area contributed by atoms with Crippen LogP contribution in [-0.4, -0.2) is 41.0 Å². The molecule has 0 bridgehead atoms. The van der Waals surface area contributed by atoms with E-state index in [1.54, 1.807) is 6.26 Å². The van der Waals surface area contributed by atoms with Gasteiger partial charge in [0.2, 0.25) is 5.95 Å². The fourth-order valence-electron chi connectivity index (χ4n) is 2.92. The number of furan rings is 1. The molecule has 26 heavy (non-hydrogen) atoms. The van der Waals surface area contributed by atoms with E-state index >= 15 is 0 Å². The van der Waals surface area contributed by atoms with Gasteiger partial charge in [-0.3, -0.25) is 0 Å². The molecule has 3 aromatic rings. The summed E-state index contributed by atoms with van der Waals surface area (Å²) in [7, 11) is 0. The first-order valence-corrected chi connectivity index (χ1v) is 9.29. The third kappa shape index (κ3) is 4.73. The summed E-state index contributed by atoms with van der Waals surface area (Å²) in [5.74, 6) is 2.35. The maximum atomic E-state index is 5.39. The first-order chi connectivity index (χ1) is 12.8. The number of hydrogen-bond donors (Lipinski definition) is 2. The van der Waals surface area contributed by atoms with Crippen molar-refractivity contribution >= 4 is 22.7 Å². The maximum absolute atomic E-state index is 5.39. The Kier molecular flexibility index (Phi) is 6.44. The highest BCUT2D eigenvalue weighted by Gasteiger charge is 2.08. The first kappa shape index (κ1) is 18.2. The lowest BCUT2D eigenvalue weighted by Gasteiger charge is -2.17. The van der Waals surface area contributed by atoms with E-state index in [2.05, 4.69) is 39.3 Å². The zero-order valence-electron chi connectivity index (χ0n) is 15.5. The molecule has 0 unspecified atom stereocenters. The second kappa shape index (κ2) is 9.20. The summed E-state index contributed by atoms with van der Waals surface area (Å²) in [6.45, 7) is 9.09. The number of nitrogens with one attached hydrogen (secondary N) is 2. The number of anilines is 2. The predicted octanol–water partition coefficient (Wildman–Crippen LogP) is 3.98. The van der Waals surface area contributed by atoms with Crippen LogP contribution in [0.5, 0.6) is 0 Å². The van der Waals surface area contributed by atoms with Crippen LogP contribution in [0.1, 0.15) is 26.0 Å². The molecule has 0 amide bonds. The van der Waals surface area contributed by atoms with Crippen LogP contribution in [0.3, 0.4) is 0 Å². The van der Waals surface area contributed by atoms with E-state index in [1.807, 2.05) is 36.4 Å². The van der Waals surface area contributed by atoms with Crippen LogP contribution in [0, 0.1) is 0 Å². The smallest absolute Gasteiger partial charge is 0.225 e. The Hall–Kier alpha value is -2.60. The second-order valence-electron chi connectivity index (χ2n) is 6.15. The standard InChI is InChI=1S/C20H27N5O/c1-3-25(4-2)13-8-12-21-20-23-18-11-6-5-10-17(18)19(24-20)22-15-16-9-7-14-26-16/h5-7,9-11,14H,3-4,8,12-13,15H2,1-2H3,(H2,21,22,23,24). The van der Waals surface area contributed by atoms with Crippen LogP contribution >= 0.6 is 0 Å². The zero-order chi connectivity index (χ0) is 18.2. The van der Waals surface area contributed by atoms with Crippen molar-refractivity contribution in [2.75, 3.05) is 36.8 Å². The van der Waals surface area contributed by atoms with Crippen LogP contribution in [-0.2, 0) is 6.54 Å². The van der Waals surface area contributed by atoms with Crippen LogP contribution in [0.15, 0.2) is 47.1 Å². The van der Waals surface area contributed by atoms with Gasteiger partial charge >= 0.3 is 0 Å². The van der Waals surface area contributed by atoms with Crippen LogP contribution in [0.4, 0.5) is 11.8 Å². The Morgan fingerprint density at radius 1 is 1.00 bits per heavy atom. The third-order valence-electron chi connectivity index (χ3n) is 4.44. The Morgan fingerprint density at radius 3 is 2.62 bits per heavy atom. The molecule has 0 aliphatic heterocycles. The normalized spacial score (nSPS) is 11.2. The number of rotatable bonds is 10. The van der Waals surface area contributed by atoms with Crippen molar-refractivity contribution in [3.63, 3.8) is 0 Å². The summed E-state index contributed by atoms with van der Waals surface area (Å²) in [6, 6.07) is 11.9. The highest BCUT2D eigenvalue weighted by molar-refractivity contribution is 5.89. The molecule has 3 rings (SSSR count). The van der Waals surface area contributed by atoms with E-state index in [9.17, 15) is 0 Å². The molecular formula is C20H27N5O. The molecule has 0 fully saturated rings. The lowest BCUT2D eigenvalue weighted by atomic mass is 10.2. The molecule has 2 aromatic heterocycles. The van der Waals surface area contributed by atoms with Crippen molar-refractivity contribution in [1.29, 1.82) is 0 Å². The molecule has 0 aliphatic rings. The zero-order valence-corrected chi connectivity index (χ0v) is 15.5. The van der Waals surface area contributed by atoms with Gasteiger partial charge in [-0.05, 0) is 50.3 Å². The van der Waals surface area contributed by atoms with Gasteiger partial charge in [0.05, 0.1) is 18.3 Å². The summed E-state index contributed by atoms with van der Waals surface area (Å²) in [5.41, 5.74) is 0.927. The van der Waals surface area contributed by atoms with E-state index in [0.29, 0.717) is 12.5 Å². The molecule has 138 valence electrons. The number of aromatic nitrogens is 2. The van der Waals surface area contributed by atoms with E-state index in [0.717, 1.165) is 55.1 Å². The molecule has 2 N–H and O–H groups in total. The summed E-state index contributed by atoms with van der Waals surface area (Å²) in [5, 5.41) is 7.73. The summed E-state index contributed by atoms with van der Waals surface area (Å²) >= 11 is 0. The van der Waals surface area contributed by atoms with Crippen molar-refractivity contribution in [3.05, 3.63) is 48.4 Å². The van der Waals surface area contributed by atoms with Crippen LogP contribution < -0.4 is 10.6 Å². The van der Waals surface area contributed by atoms with Crippen molar-refractivity contribution in [3.8, 4) is 0 Å². The monoisotopic (exact) mass is 353 g/mol. The maximum Gasteiger partial charge on any atom is 0.225 e. The summed E-state index contributed by atoms with van der Waals surface area (Å²) in [6.07, 6.45) is 2.74. The highest BCUT2D eigenvalue weighted by atomic mass is 16.3. The van der Waals surface area contributed by atoms with Gasteiger partial charge in [0.1, 0.15) is 11.6 Å². The Labute approximate surface area is 154 Å². The predicted molar refractivity (Wildman–Crippen MR) is 106 cm³/mol. The Bertz CT molecular complexity index is 799. The minimum Gasteiger partial charge on any atom is -0.467 e. The second-order valence-corrected chi connectivity index (χ2v) is 6.15. The lowest BCUT2D eigenvalue weighted by molar-refractivity contribution is 0.303. The molecule has 6 heteroatoms. The molecule has 0 radical (unpaired) electrons.